The topological polar surface area (TPSA) is 155 Å². The molecule has 214 valence electrons. The summed E-state index contributed by atoms with van der Waals surface area (Å²) in [7, 11) is 3.34. The Labute approximate surface area is 240 Å². The summed E-state index contributed by atoms with van der Waals surface area (Å²) in [5, 5.41) is 10.8. The van der Waals surface area contributed by atoms with Crippen LogP contribution in [-0.2, 0) is 16.1 Å². The van der Waals surface area contributed by atoms with E-state index in [1.165, 1.54) is 18.1 Å². The van der Waals surface area contributed by atoms with Gasteiger partial charge < -0.3 is 9.30 Å². The van der Waals surface area contributed by atoms with Crippen molar-refractivity contribution in [2.45, 2.75) is 44.6 Å². The van der Waals surface area contributed by atoms with E-state index in [0.29, 0.717) is 41.9 Å². The van der Waals surface area contributed by atoms with Gasteiger partial charge in [-0.2, -0.15) is 10.1 Å². The van der Waals surface area contributed by atoms with Gasteiger partial charge in [0, 0.05) is 50.2 Å². The number of fused-ring (bicyclic) bond motifs is 1. The zero-order valence-corrected chi connectivity index (χ0v) is 23.4. The number of carbonyl (C=O) groups excluding carboxylic acids is 3. The second-order valence-electron chi connectivity index (χ2n) is 11.2. The number of amides is 4. The van der Waals surface area contributed by atoms with Crippen LogP contribution < -0.4 is 15.1 Å². The van der Waals surface area contributed by atoms with E-state index in [0.717, 1.165) is 34.7 Å². The number of imidazole rings is 1. The number of nitrogens with one attached hydrogen (secondary N) is 1. The van der Waals surface area contributed by atoms with Gasteiger partial charge in [-0.15, -0.1) is 5.10 Å². The van der Waals surface area contributed by atoms with E-state index >= 15 is 0 Å². The molecule has 3 fully saturated rings. The number of urea groups is 1. The lowest BCUT2D eigenvalue weighted by Gasteiger charge is -2.17. The van der Waals surface area contributed by atoms with Gasteiger partial charge in [-0.25, -0.2) is 19.7 Å². The molecule has 0 bridgehead atoms. The molecule has 2 aliphatic carbocycles. The molecule has 1 N–H and O–H groups in total. The Kier molecular flexibility index (Phi) is 6.06. The lowest BCUT2D eigenvalue weighted by Crippen LogP contribution is -2.30. The molecule has 14 heteroatoms. The Balaban J connectivity index is 1.08. The average molecular weight is 568 g/mol. The smallest absolute Gasteiger partial charge is 0.331 e. The van der Waals surface area contributed by atoms with E-state index < -0.39 is 0 Å². The fourth-order valence-electron chi connectivity index (χ4n) is 5.33. The molecule has 0 radical (unpaired) electrons. The van der Waals surface area contributed by atoms with Crippen LogP contribution in [0.3, 0.4) is 0 Å². The summed E-state index contributed by atoms with van der Waals surface area (Å²) >= 11 is 0. The number of aromatic nitrogens is 7. The lowest BCUT2D eigenvalue weighted by molar-refractivity contribution is -0.124. The predicted octanol–water partition coefficient (Wildman–Crippen LogP) is 2.27. The number of imide groups is 1. The number of likely N-dealkylation sites (N-methyl/N-ethyl adjacent to an activating group) is 1. The first-order valence-electron chi connectivity index (χ1n) is 13.9. The van der Waals surface area contributed by atoms with E-state index in [-0.39, 0.29) is 42.2 Å². The molecule has 0 spiro atoms. The van der Waals surface area contributed by atoms with Gasteiger partial charge in [0.25, 0.3) is 5.95 Å². The van der Waals surface area contributed by atoms with Crippen molar-refractivity contribution in [2.24, 2.45) is 5.92 Å². The number of hydrogen-bond donors (Lipinski definition) is 1. The summed E-state index contributed by atoms with van der Waals surface area (Å²) in [5.74, 6) is 1.06. The molecule has 2 atom stereocenters. The maximum Gasteiger partial charge on any atom is 0.331 e. The highest BCUT2D eigenvalue weighted by molar-refractivity contribution is 6.13. The van der Waals surface area contributed by atoms with Gasteiger partial charge in [-0.1, -0.05) is 0 Å². The number of nitrogens with zero attached hydrogens (tertiary/aromatic N) is 10. The highest BCUT2D eigenvalue weighted by Gasteiger charge is 2.46. The average Bonchev–Trinajstić information content (AvgIpc) is 3.90. The fraction of sp³-hybridized carbons (Fsp3) is 0.393. The van der Waals surface area contributed by atoms with E-state index in [1.54, 1.807) is 6.20 Å². The highest BCUT2D eigenvalue weighted by Crippen LogP contribution is 2.46. The number of hydrogen-bond acceptors (Lipinski definition) is 10. The molecule has 4 aromatic rings. The largest absolute Gasteiger partial charge is 0.352 e. The SMILES string of the molecule is Cc1ccnc([C@H]2C[C@@H]2C(=O)Nc2nncc(N(C)Cc3cn4cc(C5CC5)cc(N5CC(=O)N(C)C5=O)c4n3)n2)n1. The van der Waals surface area contributed by atoms with Crippen molar-refractivity contribution in [2.75, 3.05) is 35.8 Å². The number of anilines is 3. The number of aryl methyl sites for hydroxylation is 1. The van der Waals surface area contributed by atoms with Gasteiger partial charge in [0.2, 0.25) is 11.8 Å². The molecule has 7 rings (SSSR count). The fourth-order valence-corrected chi connectivity index (χ4v) is 5.33. The van der Waals surface area contributed by atoms with E-state index in [9.17, 15) is 14.4 Å². The van der Waals surface area contributed by atoms with Gasteiger partial charge in [-0.3, -0.25) is 24.7 Å². The molecule has 0 aromatic carbocycles. The molecule has 4 aromatic heterocycles. The van der Waals surface area contributed by atoms with Crippen LogP contribution in [0.15, 0.2) is 36.9 Å². The van der Waals surface area contributed by atoms with Crippen LogP contribution in [0.2, 0.25) is 0 Å². The highest BCUT2D eigenvalue weighted by atomic mass is 16.2. The van der Waals surface area contributed by atoms with E-state index in [2.05, 4.69) is 30.5 Å². The summed E-state index contributed by atoms with van der Waals surface area (Å²) in [6.45, 7) is 2.27. The molecule has 2 saturated carbocycles. The van der Waals surface area contributed by atoms with Crippen molar-refractivity contribution in [1.82, 2.24) is 39.4 Å². The van der Waals surface area contributed by atoms with Crippen molar-refractivity contribution in [3.05, 3.63) is 59.7 Å². The zero-order chi connectivity index (χ0) is 29.1. The number of carbonyl (C=O) groups is 3. The maximum absolute atomic E-state index is 12.8. The first-order valence-corrected chi connectivity index (χ1v) is 13.9. The second kappa shape index (κ2) is 9.82. The maximum atomic E-state index is 12.8. The van der Waals surface area contributed by atoms with Gasteiger partial charge in [0.15, 0.2) is 11.5 Å². The molecular formula is C28H29N11O3. The Hall–Kier alpha value is -5.01. The van der Waals surface area contributed by atoms with E-state index in [4.69, 9.17) is 4.98 Å². The van der Waals surface area contributed by atoms with Crippen LogP contribution in [-0.4, -0.2) is 77.9 Å². The van der Waals surface area contributed by atoms with E-state index in [1.807, 2.05) is 47.8 Å². The summed E-state index contributed by atoms with van der Waals surface area (Å²) in [4.78, 5) is 60.4. The molecule has 14 nitrogen and oxygen atoms in total. The number of pyridine rings is 1. The monoisotopic (exact) mass is 567 g/mol. The summed E-state index contributed by atoms with van der Waals surface area (Å²) < 4.78 is 1.93. The normalized spacial score (nSPS) is 20.0. The third-order valence-electron chi connectivity index (χ3n) is 7.97. The Morgan fingerprint density at radius 1 is 1.17 bits per heavy atom. The van der Waals surface area contributed by atoms with Gasteiger partial charge in [0.05, 0.1) is 24.1 Å². The lowest BCUT2D eigenvalue weighted by atomic mass is 10.1. The zero-order valence-electron chi connectivity index (χ0n) is 23.4. The summed E-state index contributed by atoms with van der Waals surface area (Å²) in [6, 6.07) is 3.45. The standard InChI is InChI=1S/C28H29N11O3/c1-15-6-7-29-24(31-15)19-9-20(19)26(41)34-27-33-22(10-30-35-27)36(2)12-18-13-38-11-17(16-4-5-16)8-21(25(38)32-18)39-14-23(40)37(3)28(39)42/h6-8,10-11,13,16,19-20H,4-5,9,12,14H2,1-3H3,(H,33,34,35,41)/t19-,20-/m0/s1. The second-order valence-corrected chi connectivity index (χ2v) is 11.2. The third kappa shape index (κ3) is 4.78. The van der Waals surface area contributed by atoms with Crippen LogP contribution in [0.25, 0.3) is 5.65 Å². The van der Waals surface area contributed by atoms with Crippen LogP contribution >= 0.6 is 0 Å². The Morgan fingerprint density at radius 2 is 2.00 bits per heavy atom. The molecule has 3 aliphatic rings. The molecule has 1 saturated heterocycles. The third-order valence-corrected chi connectivity index (χ3v) is 7.97. The quantitative estimate of drug-likeness (QED) is 0.314. The van der Waals surface area contributed by atoms with Crippen molar-refractivity contribution in [3.63, 3.8) is 0 Å². The first kappa shape index (κ1) is 25.9. The molecule has 1 aliphatic heterocycles. The molecule has 4 amide bonds. The Morgan fingerprint density at radius 3 is 2.74 bits per heavy atom. The summed E-state index contributed by atoms with van der Waals surface area (Å²) in [5.41, 5.74) is 3.95. The van der Waals surface area contributed by atoms with Crippen molar-refractivity contribution in [3.8, 4) is 0 Å². The molecule has 0 unspecified atom stereocenters. The molecule has 5 heterocycles. The van der Waals surface area contributed by atoms with Crippen molar-refractivity contribution in [1.29, 1.82) is 0 Å². The van der Waals surface area contributed by atoms with Gasteiger partial charge in [0.1, 0.15) is 12.4 Å². The van der Waals surface area contributed by atoms with Crippen molar-refractivity contribution < 1.29 is 14.4 Å². The van der Waals surface area contributed by atoms with Gasteiger partial charge >= 0.3 is 6.03 Å². The predicted molar refractivity (Wildman–Crippen MR) is 151 cm³/mol. The number of rotatable bonds is 8. The van der Waals surface area contributed by atoms with Crippen LogP contribution in [0.1, 0.15) is 53.9 Å². The minimum Gasteiger partial charge on any atom is -0.352 e. The van der Waals surface area contributed by atoms with Crippen molar-refractivity contribution >= 4 is 40.9 Å². The minimum atomic E-state index is -0.359. The van der Waals surface area contributed by atoms with Crippen LogP contribution in [0.4, 0.5) is 22.2 Å². The molecular weight excluding hydrogens is 538 g/mol. The Bertz CT molecular complexity index is 1750. The minimum absolute atomic E-state index is 0.0120. The molecule has 42 heavy (non-hydrogen) atoms. The van der Waals surface area contributed by atoms with Crippen LogP contribution in [0.5, 0.6) is 0 Å². The van der Waals surface area contributed by atoms with Crippen LogP contribution in [0, 0.1) is 12.8 Å². The first-order chi connectivity index (χ1) is 20.2. The summed E-state index contributed by atoms with van der Waals surface area (Å²) in [6.07, 6.45) is 10.1. The van der Waals surface area contributed by atoms with Gasteiger partial charge in [-0.05, 0) is 49.8 Å².